The first-order valence-corrected chi connectivity index (χ1v) is 11.8. The normalized spacial score (nSPS) is 15.4. The van der Waals surface area contributed by atoms with Crippen LogP contribution in [-0.4, -0.2) is 56.3 Å². The fraction of sp³-hybridized carbons (Fsp3) is 0.208. The molecule has 0 unspecified atom stereocenters. The van der Waals surface area contributed by atoms with Gasteiger partial charge in [-0.1, -0.05) is 48.5 Å². The lowest BCUT2D eigenvalue weighted by Gasteiger charge is -2.33. The number of halogens is 2. The van der Waals surface area contributed by atoms with Crippen molar-refractivity contribution in [3.63, 3.8) is 0 Å². The lowest BCUT2D eigenvalue weighted by atomic mass is 10.1. The van der Waals surface area contributed by atoms with E-state index in [9.17, 15) is 22.0 Å². The third kappa shape index (κ3) is 5.20. The first-order chi connectivity index (χ1) is 15.8. The molecule has 0 radical (unpaired) electrons. The molecule has 0 bridgehead atoms. The fourth-order valence-electron chi connectivity index (χ4n) is 3.71. The highest BCUT2D eigenvalue weighted by molar-refractivity contribution is 7.89. The van der Waals surface area contributed by atoms with Gasteiger partial charge in [-0.05, 0) is 35.0 Å². The van der Waals surface area contributed by atoms with E-state index in [1.54, 1.807) is 36.4 Å². The fourth-order valence-corrected chi connectivity index (χ4v) is 5.17. The molecule has 0 saturated carbocycles. The number of nitrogens with zero attached hydrogens (tertiary/aromatic N) is 2. The number of benzene rings is 3. The van der Waals surface area contributed by atoms with Gasteiger partial charge in [0.15, 0.2) is 0 Å². The second-order valence-corrected chi connectivity index (χ2v) is 9.43. The summed E-state index contributed by atoms with van der Waals surface area (Å²) in [5.41, 5.74) is 0.351. The zero-order valence-corrected chi connectivity index (χ0v) is 18.4. The maximum Gasteiger partial charge on any atom is 0.387 e. The van der Waals surface area contributed by atoms with Gasteiger partial charge in [0.1, 0.15) is 5.75 Å². The van der Waals surface area contributed by atoms with E-state index in [-0.39, 0.29) is 42.7 Å². The Morgan fingerprint density at radius 1 is 0.909 bits per heavy atom. The summed E-state index contributed by atoms with van der Waals surface area (Å²) >= 11 is 0. The summed E-state index contributed by atoms with van der Waals surface area (Å²) in [6, 6.07) is 18.7. The lowest BCUT2D eigenvalue weighted by molar-refractivity contribution is -0.127. The SMILES string of the molecule is O=C(/C=C/c1ccccc1OC(F)F)N1CCN(S(=O)(=O)c2ccc3ccccc3c2)CC1. The molecule has 33 heavy (non-hydrogen) atoms. The third-order valence-corrected chi connectivity index (χ3v) is 7.34. The van der Waals surface area contributed by atoms with Crippen molar-refractivity contribution < 1.29 is 26.7 Å². The van der Waals surface area contributed by atoms with E-state index in [1.807, 2.05) is 24.3 Å². The maximum atomic E-state index is 13.1. The van der Waals surface area contributed by atoms with Crippen molar-refractivity contribution in [3.8, 4) is 5.75 Å². The second-order valence-electron chi connectivity index (χ2n) is 7.49. The van der Waals surface area contributed by atoms with Crippen LogP contribution in [0.4, 0.5) is 8.78 Å². The summed E-state index contributed by atoms with van der Waals surface area (Å²) in [6.45, 7) is -2.18. The molecular weight excluding hydrogens is 450 g/mol. The van der Waals surface area contributed by atoms with Gasteiger partial charge < -0.3 is 9.64 Å². The minimum absolute atomic E-state index is 0.0251. The van der Waals surface area contributed by atoms with Crippen LogP contribution in [0.25, 0.3) is 16.8 Å². The Labute approximate surface area is 190 Å². The topological polar surface area (TPSA) is 66.9 Å². The summed E-state index contributed by atoms with van der Waals surface area (Å²) in [5, 5.41) is 1.80. The van der Waals surface area contributed by atoms with Crippen LogP contribution in [0.2, 0.25) is 0 Å². The first-order valence-electron chi connectivity index (χ1n) is 10.3. The van der Waals surface area contributed by atoms with Crippen molar-refractivity contribution in [2.24, 2.45) is 0 Å². The zero-order valence-electron chi connectivity index (χ0n) is 17.6. The number of hydrogen-bond donors (Lipinski definition) is 0. The van der Waals surface area contributed by atoms with Crippen LogP contribution in [-0.2, 0) is 14.8 Å². The van der Waals surface area contributed by atoms with Gasteiger partial charge >= 0.3 is 6.61 Å². The van der Waals surface area contributed by atoms with Crippen LogP contribution < -0.4 is 4.74 Å². The van der Waals surface area contributed by atoms with E-state index in [1.165, 1.54) is 27.4 Å². The number of piperazine rings is 1. The molecule has 1 heterocycles. The van der Waals surface area contributed by atoms with Crippen molar-refractivity contribution in [2.75, 3.05) is 26.2 Å². The van der Waals surface area contributed by atoms with E-state index in [4.69, 9.17) is 0 Å². The predicted octanol–water partition coefficient (Wildman–Crippen LogP) is 3.99. The smallest absolute Gasteiger partial charge is 0.387 e. The molecule has 0 atom stereocenters. The Bertz CT molecular complexity index is 1290. The summed E-state index contributed by atoms with van der Waals surface area (Å²) in [4.78, 5) is 14.3. The van der Waals surface area contributed by atoms with Gasteiger partial charge in [0.2, 0.25) is 15.9 Å². The van der Waals surface area contributed by atoms with Crippen molar-refractivity contribution >= 4 is 32.8 Å². The zero-order chi connectivity index (χ0) is 23.4. The highest BCUT2D eigenvalue weighted by Gasteiger charge is 2.29. The predicted molar refractivity (Wildman–Crippen MR) is 121 cm³/mol. The summed E-state index contributed by atoms with van der Waals surface area (Å²) < 4.78 is 57.1. The monoisotopic (exact) mass is 472 g/mol. The average molecular weight is 473 g/mol. The molecule has 3 aromatic carbocycles. The van der Waals surface area contributed by atoms with Gasteiger partial charge in [-0.25, -0.2) is 8.42 Å². The molecule has 1 amide bonds. The number of para-hydroxylation sites is 1. The quantitative estimate of drug-likeness (QED) is 0.509. The van der Waals surface area contributed by atoms with E-state index in [0.717, 1.165) is 10.8 Å². The van der Waals surface area contributed by atoms with Gasteiger partial charge in [0.05, 0.1) is 4.90 Å². The molecule has 1 saturated heterocycles. The Kier molecular flexibility index (Phi) is 6.71. The van der Waals surface area contributed by atoms with E-state index < -0.39 is 16.6 Å². The van der Waals surface area contributed by atoms with E-state index >= 15 is 0 Å². The van der Waals surface area contributed by atoms with Gasteiger partial charge in [-0.15, -0.1) is 0 Å². The van der Waals surface area contributed by atoms with Crippen LogP contribution in [0.1, 0.15) is 5.56 Å². The van der Waals surface area contributed by atoms with Crippen LogP contribution in [0.3, 0.4) is 0 Å². The molecule has 0 N–H and O–H groups in total. The van der Waals surface area contributed by atoms with Gasteiger partial charge in [0, 0.05) is 37.8 Å². The van der Waals surface area contributed by atoms with Crippen LogP contribution in [0.5, 0.6) is 5.75 Å². The molecule has 1 fully saturated rings. The van der Waals surface area contributed by atoms with Gasteiger partial charge in [-0.2, -0.15) is 13.1 Å². The van der Waals surface area contributed by atoms with E-state index in [2.05, 4.69) is 4.74 Å². The third-order valence-electron chi connectivity index (χ3n) is 5.45. The number of rotatable bonds is 6. The average Bonchev–Trinajstić information content (AvgIpc) is 2.82. The number of carbonyl (C=O) groups excluding carboxylic acids is 1. The molecule has 0 aliphatic carbocycles. The number of ether oxygens (including phenoxy) is 1. The van der Waals surface area contributed by atoms with E-state index in [0.29, 0.717) is 5.56 Å². The van der Waals surface area contributed by atoms with Gasteiger partial charge in [0.25, 0.3) is 0 Å². The minimum atomic E-state index is -3.69. The number of hydrogen-bond acceptors (Lipinski definition) is 4. The standard InChI is InChI=1S/C24H22F2N2O4S/c25-24(26)32-22-8-4-3-6-19(22)10-12-23(29)27-13-15-28(16-14-27)33(30,31)21-11-9-18-5-1-2-7-20(18)17-21/h1-12,17,24H,13-16H2/b12-10+. The van der Waals surface area contributed by atoms with Crippen LogP contribution in [0.15, 0.2) is 77.7 Å². The maximum absolute atomic E-state index is 13.1. The van der Waals surface area contributed by atoms with Crippen molar-refractivity contribution in [1.29, 1.82) is 0 Å². The van der Waals surface area contributed by atoms with Crippen molar-refractivity contribution in [1.82, 2.24) is 9.21 Å². The number of carbonyl (C=O) groups is 1. The first kappa shape index (κ1) is 22.9. The molecule has 0 spiro atoms. The summed E-state index contributed by atoms with van der Waals surface area (Å²) in [6.07, 6.45) is 2.69. The molecule has 172 valence electrons. The molecule has 6 nitrogen and oxygen atoms in total. The lowest BCUT2D eigenvalue weighted by Crippen LogP contribution is -2.50. The molecule has 0 aromatic heterocycles. The highest BCUT2D eigenvalue weighted by Crippen LogP contribution is 2.24. The Balaban J connectivity index is 1.41. The number of fused-ring (bicyclic) bond motifs is 1. The number of amides is 1. The molecule has 3 aromatic rings. The van der Waals surface area contributed by atoms with Crippen molar-refractivity contribution in [3.05, 3.63) is 78.4 Å². The molecule has 4 rings (SSSR count). The Morgan fingerprint density at radius 2 is 1.58 bits per heavy atom. The Morgan fingerprint density at radius 3 is 2.30 bits per heavy atom. The number of alkyl halides is 2. The minimum Gasteiger partial charge on any atom is -0.434 e. The molecule has 1 aliphatic rings. The highest BCUT2D eigenvalue weighted by atomic mass is 32.2. The van der Waals surface area contributed by atoms with Crippen molar-refractivity contribution in [2.45, 2.75) is 11.5 Å². The molecule has 1 aliphatic heterocycles. The van der Waals surface area contributed by atoms with Crippen LogP contribution in [0, 0.1) is 0 Å². The second kappa shape index (κ2) is 9.68. The largest absolute Gasteiger partial charge is 0.434 e. The Hall–Kier alpha value is -3.30. The van der Waals surface area contributed by atoms with Crippen LogP contribution >= 0.6 is 0 Å². The van der Waals surface area contributed by atoms with Gasteiger partial charge in [-0.3, -0.25) is 4.79 Å². The molecule has 9 heteroatoms. The molecular formula is C24H22F2N2O4S. The summed E-state index contributed by atoms with van der Waals surface area (Å²) in [5.74, 6) is -0.354. The number of sulfonamides is 1. The summed E-state index contributed by atoms with van der Waals surface area (Å²) in [7, 11) is -3.69.